The first-order valence-corrected chi connectivity index (χ1v) is 13.3. The molecule has 2 N–H and O–H groups in total. The molecular formula is C18H23F2N5SSi. The summed E-state index contributed by atoms with van der Waals surface area (Å²) < 4.78 is 30.5. The van der Waals surface area contributed by atoms with Crippen molar-refractivity contribution in [2.75, 3.05) is 12.4 Å². The normalized spacial score (nSPS) is 29.6. The number of anilines is 1. The summed E-state index contributed by atoms with van der Waals surface area (Å²) in [5.41, 5.74) is 6.95. The summed E-state index contributed by atoms with van der Waals surface area (Å²) in [6.07, 6.45) is 2.75. The number of benzene rings is 1. The maximum Gasteiger partial charge on any atom is 0.129 e. The molecule has 144 valence electrons. The van der Waals surface area contributed by atoms with E-state index in [-0.39, 0.29) is 16.2 Å². The minimum absolute atomic E-state index is 0.110. The van der Waals surface area contributed by atoms with E-state index >= 15 is 0 Å². The molecule has 2 aromatic rings. The van der Waals surface area contributed by atoms with Gasteiger partial charge in [0.1, 0.15) is 26.1 Å². The Hall–Kier alpha value is -1.74. The van der Waals surface area contributed by atoms with E-state index in [9.17, 15) is 8.78 Å². The molecule has 1 aromatic carbocycles. The fourth-order valence-electron chi connectivity index (χ4n) is 3.87. The predicted molar refractivity (Wildman–Crippen MR) is 108 cm³/mol. The Morgan fingerprint density at radius 2 is 2.15 bits per heavy atom. The van der Waals surface area contributed by atoms with Crippen LogP contribution in [0.2, 0.25) is 19.6 Å². The lowest BCUT2D eigenvalue weighted by Crippen LogP contribution is -2.39. The molecule has 1 aliphatic carbocycles. The zero-order valence-corrected chi connectivity index (χ0v) is 17.4. The highest BCUT2D eigenvalue weighted by Crippen LogP contribution is 2.66. The van der Waals surface area contributed by atoms with Crippen LogP contribution in [0.25, 0.3) is 0 Å². The van der Waals surface area contributed by atoms with Crippen LogP contribution in [0.4, 0.5) is 14.5 Å². The molecule has 1 aromatic heterocycles. The molecule has 0 spiro atoms. The molecule has 3 atom stereocenters. The highest BCUT2D eigenvalue weighted by atomic mass is 32.2. The fraction of sp³-hybridized carbons (Fsp3) is 0.500. The molecule has 5 nitrogen and oxygen atoms in total. The summed E-state index contributed by atoms with van der Waals surface area (Å²) in [7, 11) is -1.54. The molecule has 0 radical (unpaired) electrons. The van der Waals surface area contributed by atoms with E-state index < -0.39 is 26.1 Å². The second-order valence-electron chi connectivity index (χ2n) is 8.52. The van der Waals surface area contributed by atoms with E-state index in [4.69, 9.17) is 5.73 Å². The Balaban J connectivity index is 1.66. The first-order valence-electron chi connectivity index (χ1n) is 8.94. The number of nitrogen functional groups attached to an aromatic ring is 1. The van der Waals surface area contributed by atoms with Gasteiger partial charge in [0.15, 0.2) is 0 Å². The average molecular weight is 408 g/mol. The number of nitrogens with two attached hydrogens (primary N) is 1. The highest BCUT2D eigenvalue weighted by molar-refractivity contribution is 8.13. The summed E-state index contributed by atoms with van der Waals surface area (Å²) in [5.74, 6) is -0.575. The third kappa shape index (κ3) is 3.00. The number of aliphatic imine (C=N–C) groups is 1. The summed E-state index contributed by atoms with van der Waals surface area (Å²) >= 11 is 1.58. The van der Waals surface area contributed by atoms with E-state index in [1.54, 1.807) is 17.3 Å². The second kappa shape index (κ2) is 6.13. The van der Waals surface area contributed by atoms with Crippen LogP contribution in [0.15, 0.2) is 29.4 Å². The number of rotatable bonds is 5. The van der Waals surface area contributed by atoms with Crippen molar-refractivity contribution in [1.29, 1.82) is 0 Å². The first-order chi connectivity index (χ1) is 12.7. The summed E-state index contributed by atoms with van der Waals surface area (Å²) in [4.78, 5) is 4.43. The molecule has 0 unspecified atom stereocenters. The van der Waals surface area contributed by atoms with Crippen LogP contribution in [0, 0.1) is 11.7 Å². The van der Waals surface area contributed by atoms with Gasteiger partial charge in [-0.3, -0.25) is 9.67 Å². The monoisotopic (exact) mass is 407 g/mol. The van der Waals surface area contributed by atoms with E-state index in [2.05, 4.69) is 34.9 Å². The number of alkyl halides is 1. The molecule has 0 bridgehead atoms. The maximum atomic E-state index is 14.5. The Morgan fingerprint density at radius 3 is 2.81 bits per heavy atom. The molecular weight excluding hydrogens is 384 g/mol. The second-order valence-corrected chi connectivity index (χ2v) is 14.8. The standard InChI is InChI=1S/C18H23F2N5SSi/c1-27(2,3)16-8-25(24-23-16)10-17-7-15(17)18(9-19,22-11-26-17)13-6-12(21)4-5-14(13)20/h4-6,8,11,15H,7,9-10,21H2,1-3H3/t15-,17-,18-/m1/s1. The topological polar surface area (TPSA) is 69.1 Å². The lowest BCUT2D eigenvalue weighted by Gasteiger charge is -2.33. The molecule has 9 heteroatoms. The SMILES string of the molecule is C[Si](C)(C)c1cn(C[C@]23C[C@H]2[C@@](CF)(c2cc(N)ccc2F)N=CS3)nn1. The van der Waals surface area contributed by atoms with Crippen molar-refractivity contribution in [3.63, 3.8) is 0 Å². The van der Waals surface area contributed by atoms with Crippen LogP contribution in [-0.4, -0.2) is 40.0 Å². The number of hydrogen-bond donors (Lipinski definition) is 1. The van der Waals surface area contributed by atoms with Crippen LogP contribution in [-0.2, 0) is 12.1 Å². The fourth-order valence-corrected chi connectivity index (χ4v) is 6.03. The smallest absolute Gasteiger partial charge is 0.129 e. The number of fused-ring (bicyclic) bond motifs is 1. The maximum absolute atomic E-state index is 14.5. The molecule has 1 aliphatic heterocycles. The third-order valence-electron chi connectivity index (χ3n) is 5.57. The minimum atomic E-state index is -1.54. The molecule has 27 heavy (non-hydrogen) atoms. The van der Waals surface area contributed by atoms with E-state index in [1.165, 1.54) is 18.2 Å². The number of hydrogen-bond acceptors (Lipinski definition) is 5. The number of nitrogens with zero attached hydrogens (tertiary/aromatic N) is 4. The van der Waals surface area contributed by atoms with Crippen LogP contribution in [0.1, 0.15) is 12.0 Å². The minimum Gasteiger partial charge on any atom is -0.399 e. The van der Waals surface area contributed by atoms with Gasteiger partial charge in [-0.15, -0.1) is 16.9 Å². The van der Waals surface area contributed by atoms with Crippen molar-refractivity contribution in [2.24, 2.45) is 10.9 Å². The van der Waals surface area contributed by atoms with Crippen molar-refractivity contribution in [1.82, 2.24) is 15.0 Å². The van der Waals surface area contributed by atoms with Gasteiger partial charge in [-0.25, -0.2) is 8.78 Å². The Bertz CT molecular complexity index is 911. The highest BCUT2D eigenvalue weighted by Gasteiger charge is 2.67. The lowest BCUT2D eigenvalue weighted by molar-refractivity contribution is 0.260. The van der Waals surface area contributed by atoms with E-state index in [1.807, 2.05) is 10.9 Å². The van der Waals surface area contributed by atoms with Gasteiger partial charge in [-0.1, -0.05) is 24.9 Å². The summed E-state index contributed by atoms with van der Waals surface area (Å²) in [6.45, 7) is 6.51. The van der Waals surface area contributed by atoms with Gasteiger partial charge in [0.2, 0.25) is 0 Å². The molecule has 1 saturated carbocycles. The third-order valence-corrected chi connectivity index (χ3v) is 8.60. The Labute approximate surface area is 162 Å². The van der Waals surface area contributed by atoms with Crippen molar-refractivity contribution < 1.29 is 8.78 Å². The number of thioether (sulfide) groups is 1. The number of halogens is 2. The van der Waals surface area contributed by atoms with Gasteiger partial charge in [0, 0.05) is 28.1 Å². The molecule has 2 heterocycles. The van der Waals surface area contributed by atoms with Gasteiger partial charge in [0.05, 0.1) is 17.4 Å². The van der Waals surface area contributed by atoms with Gasteiger partial charge in [-0.2, -0.15) is 0 Å². The quantitative estimate of drug-likeness (QED) is 0.611. The zero-order valence-electron chi connectivity index (χ0n) is 15.6. The Morgan fingerprint density at radius 1 is 1.37 bits per heavy atom. The molecule has 0 amide bonds. The summed E-state index contributed by atoms with van der Waals surface area (Å²) in [5, 5.41) is 9.65. The van der Waals surface area contributed by atoms with Crippen LogP contribution in [0.3, 0.4) is 0 Å². The largest absolute Gasteiger partial charge is 0.399 e. The average Bonchev–Trinajstić information content (AvgIpc) is 3.14. The lowest BCUT2D eigenvalue weighted by atomic mass is 9.84. The van der Waals surface area contributed by atoms with Crippen molar-refractivity contribution in [2.45, 2.75) is 42.9 Å². The van der Waals surface area contributed by atoms with Crippen LogP contribution in [0.5, 0.6) is 0 Å². The van der Waals surface area contributed by atoms with E-state index in [0.29, 0.717) is 12.2 Å². The summed E-state index contributed by atoms with van der Waals surface area (Å²) in [6, 6.07) is 4.30. The van der Waals surface area contributed by atoms with Crippen LogP contribution < -0.4 is 11.1 Å². The van der Waals surface area contributed by atoms with Crippen LogP contribution >= 0.6 is 11.8 Å². The van der Waals surface area contributed by atoms with Gasteiger partial charge in [-0.05, 0) is 24.6 Å². The Kier molecular flexibility index (Phi) is 4.23. The van der Waals surface area contributed by atoms with Gasteiger partial charge >= 0.3 is 0 Å². The van der Waals surface area contributed by atoms with Crippen molar-refractivity contribution in [3.05, 3.63) is 35.8 Å². The first kappa shape index (κ1) is 18.6. The van der Waals surface area contributed by atoms with Crippen molar-refractivity contribution in [3.8, 4) is 0 Å². The van der Waals surface area contributed by atoms with Crippen molar-refractivity contribution >= 4 is 36.4 Å². The zero-order chi connectivity index (χ0) is 19.4. The molecule has 2 aliphatic rings. The van der Waals surface area contributed by atoms with E-state index in [0.717, 1.165) is 11.7 Å². The molecule has 1 fully saturated rings. The molecule has 0 saturated heterocycles. The molecule has 4 rings (SSSR count). The predicted octanol–water partition coefficient (Wildman–Crippen LogP) is 2.94. The van der Waals surface area contributed by atoms with Gasteiger partial charge in [0.25, 0.3) is 0 Å². The number of aromatic nitrogens is 3. The van der Waals surface area contributed by atoms with Gasteiger partial charge < -0.3 is 5.73 Å².